The van der Waals surface area contributed by atoms with Crippen LogP contribution in [-0.4, -0.2) is 6.61 Å². The molecule has 0 bridgehead atoms. The van der Waals surface area contributed by atoms with Crippen molar-refractivity contribution >= 4 is 0 Å². The molecular weight excluding hydrogens is 222 g/mol. The Bertz CT molecular complexity index is 481. The first-order valence-electron chi connectivity index (χ1n) is 6.32. The molecule has 2 rings (SSSR count). The van der Waals surface area contributed by atoms with Crippen LogP contribution in [0.1, 0.15) is 24.1 Å². The summed E-state index contributed by atoms with van der Waals surface area (Å²) in [5, 5.41) is 0. The molecule has 0 saturated carbocycles. The van der Waals surface area contributed by atoms with E-state index >= 15 is 0 Å². The van der Waals surface area contributed by atoms with Gasteiger partial charge in [-0.3, -0.25) is 0 Å². The molecule has 18 heavy (non-hydrogen) atoms. The summed E-state index contributed by atoms with van der Waals surface area (Å²) in [5.74, 6) is 0.890. The Hall–Kier alpha value is -1.80. The lowest BCUT2D eigenvalue weighted by Crippen LogP contribution is -2.18. The minimum Gasteiger partial charge on any atom is -0.492 e. The van der Waals surface area contributed by atoms with Gasteiger partial charge < -0.3 is 10.5 Å². The molecule has 1 unspecified atom stereocenters. The van der Waals surface area contributed by atoms with Crippen molar-refractivity contribution in [1.29, 1.82) is 0 Å². The highest BCUT2D eigenvalue weighted by Crippen LogP contribution is 2.16. The SMILES string of the molecule is CCc1cccc(OCC(N)c2ccccc2)c1. The quantitative estimate of drug-likeness (QED) is 0.871. The van der Waals surface area contributed by atoms with Gasteiger partial charge in [-0.1, -0.05) is 49.4 Å². The minimum absolute atomic E-state index is 0.0866. The Kier molecular flexibility index (Phi) is 4.37. The highest BCUT2D eigenvalue weighted by atomic mass is 16.5. The summed E-state index contributed by atoms with van der Waals surface area (Å²) < 4.78 is 5.74. The Labute approximate surface area is 108 Å². The van der Waals surface area contributed by atoms with Gasteiger partial charge in [-0.25, -0.2) is 0 Å². The summed E-state index contributed by atoms with van der Waals surface area (Å²) in [6.45, 7) is 2.63. The Morgan fingerprint density at radius 3 is 2.56 bits per heavy atom. The zero-order chi connectivity index (χ0) is 12.8. The molecule has 0 aromatic heterocycles. The van der Waals surface area contributed by atoms with Gasteiger partial charge in [-0.2, -0.15) is 0 Å². The molecular formula is C16H19NO. The zero-order valence-corrected chi connectivity index (χ0v) is 10.7. The van der Waals surface area contributed by atoms with Crippen molar-refractivity contribution in [2.24, 2.45) is 5.73 Å². The van der Waals surface area contributed by atoms with Gasteiger partial charge in [0.1, 0.15) is 12.4 Å². The first kappa shape index (κ1) is 12.7. The van der Waals surface area contributed by atoms with E-state index in [0.29, 0.717) is 6.61 Å². The maximum atomic E-state index is 6.09. The normalized spacial score (nSPS) is 12.1. The van der Waals surface area contributed by atoms with E-state index in [1.807, 2.05) is 42.5 Å². The van der Waals surface area contributed by atoms with Gasteiger partial charge in [0.15, 0.2) is 0 Å². The fourth-order valence-electron chi connectivity index (χ4n) is 1.84. The van der Waals surface area contributed by atoms with Crippen LogP contribution in [0.15, 0.2) is 54.6 Å². The molecule has 2 N–H and O–H groups in total. The molecule has 0 heterocycles. The predicted molar refractivity (Wildman–Crippen MR) is 74.7 cm³/mol. The first-order valence-corrected chi connectivity index (χ1v) is 6.32. The van der Waals surface area contributed by atoms with Crippen LogP contribution in [0.5, 0.6) is 5.75 Å². The summed E-state index contributed by atoms with van der Waals surface area (Å²) in [6.07, 6.45) is 1.02. The fourth-order valence-corrected chi connectivity index (χ4v) is 1.84. The zero-order valence-electron chi connectivity index (χ0n) is 10.7. The molecule has 2 nitrogen and oxygen atoms in total. The van der Waals surface area contributed by atoms with E-state index in [0.717, 1.165) is 17.7 Å². The third-order valence-electron chi connectivity index (χ3n) is 2.96. The van der Waals surface area contributed by atoms with Crippen molar-refractivity contribution in [3.63, 3.8) is 0 Å². The number of ether oxygens (including phenoxy) is 1. The van der Waals surface area contributed by atoms with Gasteiger partial charge in [-0.05, 0) is 29.7 Å². The molecule has 0 aliphatic heterocycles. The molecule has 0 fully saturated rings. The van der Waals surface area contributed by atoms with E-state index in [2.05, 4.69) is 19.1 Å². The maximum absolute atomic E-state index is 6.09. The average Bonchev–Trinajstić information content (AvgIpc) is 2.46. The van der Waals surface area contributed by atoms with Crippen LogP contribution in [0, 0.1) is 0 Å². The van der Waals surface area contributed by atoms with Crippen LogP contribution in [-0.2, 0) is 6.42 Å². The molecule has 0 saturated heterocycles. The number of hydrogen-bond acceptors (Lipinski definition) is 2. The number of hydrogen-bond donors (Lipinski definition) is 1. The summed E-state index contributed by atoms with van der Waals surface area (Å²) in [4.78, 5) is 0. The number of aryl methyl sites for hydroxylation is 1. The Morgan fingerprint density at radius 2 is 1.83 bits per heavy atom. The average molecular weight is 241 g/mol. The highest BCUT2D eigenvalue weighted by Gasteiger charge is 2.06. The second kappa shape index (κ2) is 6.22. The second-order valence-electron chi connectivity index (χ2n) is 4.33. The van der Waals surface area contributed by atoms with Gasteiger partial charge in [0.05, 0.1) is 6.04 Å². The van der Waals surface area contributed by atoms with E-state index in [1.54, 1.807) is 0 Å². The van der Waals surface area contributed by atoms with Crippen LogP contribution in [0.4, 0.5) is 0 Å². The van der Waals surface area contributed by atoms with Crippen molar-refractivity contribution < 1.29 is 4.74 Å². The van der Waals surface area contributed by atoms with Crippen molar-refractivity contribution in [2.75, 3.05) is 6.61 Å². The van der Waals surface area contributed by atoms with E-state index in [-0.39, 0.29) is 6.04 Å². The summed E-state index contributed by atoms with van der Waals surface area (Å²) in [5.41, 5.74) is 8.47. The number of nitrogens with two attached hydrogens (primary N) is 1. The van der Waals surface area contributed by atoms with Crippen molar-refractivity contribution in [2.45, 2.75) is 19.4 Å². The molecule has 2 aromatic carbocycles. The van der Waals surface area contributed by atoms with Crippen LogP contribution in [0.3, 0.4) is 0 Å². The Balaban J connectivity index is 1.95. The summed E-state index contributed by atoms with van der Waals surface area (Å²) in [6, 6.07) is 18.1. The van der Waals surface area contributed by atoms with E-state index < -0.39 is 0 Å². The standard InChI is InChI=1S/C16H19NO/c1-2-13-7-6-10-15(11-13)18-12-16(17)14-8-4-3-5-9-14/h3-11,16H,2,12,17H2,1H3. The smallest absolute Gasteiger partial charge is 0.119 e. The molecule has 0 amide bonds. The monoisotopic (exact) mass is 241 g/mol. The largest absolute Gasteiger partial charge is 0.492 e. The Morgan fingerprint density at radius 1 is 1.06 bits per heavy atom. The number of benzene rings is 2. The molecule has 2 aromatic rings. The second-order valence-corrected chi connectivity index (χ2v) is 4.33. The van der Waals surface area contributed by atoms with E-state index in [1.165, 1.54) is 5.56 Å². The topological polar surface area (TPSA) is 35.2 Å². The molecule has 0 radical (unpaired) electrons. The van der Waals surface area contributed by atoms with Crippen molar-refractivity contribution in [1.82, 2.24) is 0 Å². The summed E-state index contributed by atoms with van der Waals surface area (Å²) in [7, 11) is 0. The first-order chi connectivity index (χ1) is 8.79. The maximum Gasteiger partial charge on any atom is 0.119 e. The van der Waals surface area contributed by atoms with Crippen LogP contribution in [0.25, 0.3) is 0 Å². The van der Waals surface area contributed by atoms with Gasteiger partial charge >= 0.3 is 0 Å². The molecule has 0 aliphatic carbocycles. The van der Waals surface area contributed by atoms with Gasteiger partial charge in [0.25, 0.3) is 0 Å². The van der Waals surface area contributed by atoms with Gasteiger partial charge in [0, 0.05) is 0 Å². The van der Waals surface area contributed by atoms with Gasteiger partial charge in [-0.15, -0.1) is 0 Å². The van der Waals surface area contributed by atoms with Crippen LogP contribution in [0.2, 0.25) is 0 Å². The lowest BCUT2D eigenvalue weighted by atomic mass is 10.1. The van der Waals surface area contributed by atoms with Gasteiger partial charge in [0.2, 0.25) is 0 Å². The molecule has 1 atom stereocenters. The molecule has 0 aliphatic rings. The minimum atomic E-state index is -0.0866. The van der Waals surface area contributed by atoms with E-state index in [4.69, 9.17) is 10.5 Å². The van der Waals surface area contributed by atoms with Crippen LogP contribution >= 0.6 is 0 Å². The third-order valence-corrected chi connectivity index (χ3v) is 2.96. The molecule has 94 valence electrons. The third kappa shape index (κ3) is 3.34. The highest BCUT2D eigenvalue weighted by molar-refractivity contribution is 5.28. The van der Waals surface area contributed by atoms with E-state index in [9.17, 15) is 0 Å². The van der Waals surface area contributed by atoms with Crippen molar-refractivity contribution in [3.05, 3.63) is 65.7 Å². The van der Waals surface area contributed by atoms with Crippen LogP contribution < -0.4 is 10.5 Å². The number of rotatable bonds is 5. The van der Waals surface area contributed by atoms with Crippen molar-refractivity contribution in [3.8, 4) is 5.75 Å². The molecule has 2 heteroatoms. The predicted octanol–water partition coefficient (Wildman–Crippen LogP) is 3.33. The lowest BCUT2D eigenvalue weighted by molar-refractivity contribution is 0.290. The lowest BCUT2D eigenvalue weighted by Gasteiger charge is -2.14. The molecule has 0 spiro atoms. The fraction of sp³-hybridized carbons (Fsp3) is 0.250. The summed E-state index contributed by atoms with van der Waals surface area (Å²) >= 11 is 0.